The number of halogens is 1. The minimum Gasteiger partial charge on any atom is -0.496 e. The minimum atomic E-state index is -0.285. The summed E-state index contributed by atoms with van der Waals surface area (Å²) in [5.74, 6) is 0.527. The molecule has 100 valence electrons. The first-order valence-electron chi connectivity index (χ1n) is 6.25. The molecule has 0 amide bonds. The maximum absolute atomic E-state index is 13.6. The molecule has 1 atom stereocenters. The maximum atomic E-state index is 13.6. The Morgan fingerprint density at radius 2 is 1.95 bits per heavy atom. The van der Waals surface area contributed by atoms with E-state index in [9.17, 15) is 4.39 Å². The van der Waals surface area contributed by atoms with Gasteiger partial charge in [-0.1, -0.05) is 35.9 Å². The third kappa shape index (κ3) is 3.12. The molecule has 0 aliphatic rings. The van der Waals surface area contributed by atoms with E-state index >= 15 is 0 Å². The zero-order valence-electron chi connectivity index (χ0n) is 11.2. The molecule has 2 N–H and O–H groups in total. The van der Waals surface area contributed by atoms with Crippen LogP contribution in [0.15, 0.2) is 42.5 Å². The van der Waals surface area contributed by atoms with Crippen molar-refractivity contribution in [3.63, 3.8) is 0 Å². The smallest absolute Gasteiger partial charge is 0.126 e. The Labute approximate surface area is 113 Å². The van der Waals surface area contributed by atoms with Gasteiger partial charge in [-0.3, -0.25) is 0 Å². The quantitative estimate of drug-likeness (QED) is 0.913. The van der Waals surface area contributed by atoms with E-state index < -0.39 is 0 Å². The SMILES string of the molecule is COc1ccc(C)cc1C(N)Cc1ccccc1F. The standard InChI is InChI=1S/C16H18FNO/c1-11-7-8-16(19-2)13(9-11)15(18)10-12-5-3-4-6-14(12)17/h3-9,15H,10,18H2,1-2H3. The first-order valence-corrected chi connectivity index (χ1v) is 6.25. The van der Waals surface area contributed by atoms with Crippen molar-refractivity contribution in [2.24, 2.45) is 5.73 Å². The lowest BCUT2D eigenvalue weighted by atomic mass is 9.97. The van der Waals surface area contributed by atoms with Crippen LogP contribution in [-0.2, 0) is 6.42 Å². The van der Waals surface area contributed by atoms with E-state index in [-0.39, 0.29) is 11.9 Å². The van der Waals surface area contributed by atoms with Gasteiger partial charge in [-0.25, -0.2) is 4.39 Å². The number of aryl methyl sites for hydroxylation is 1. The second-order valence-electron chi connectivity index (χ2n) is 4.65. The van der Waals surface area contributed by atoms with E-state index in [1.54, 1.807) is 19.2 Å². The van der Waals surface area contributed by atoms with Gasteiger partial charge in [0.1, 0.15) is 11.6 Å². The molecule has 0 bridgehead atoms. The van der Waals surface area contributed by atoms with Crippen LogP contribution in [0, 0.1) is 12.7 Å². The van der Waals surface area contributed by atoms with Crippen LogP contribution in [0.5, 0.6) is 5.75 Å². The molecule has 2 aromatic rings. The highest BCUT2D eigenvalue weighted by atomic mass is 19.1. The Kier molecular flexibility index (Phi) is 4.17. The summed E-state index contributed by atoms with van der Waals surface area (Å²) >= 11 is 0. The number of rotatable bonds is 4. The van der Waals surface area contributed by atoms with Crippen LogP contribution in [-0.4, -0.2) is 7.11 Å². The molecule has 3 heteroatoms. The number of ether oxygens (including phenoxy) is 1. The number of nitrogens with two attached hydrogens (primary N) is 1. The van der Waals surface area contributed by atoms with E-state index in [2.05, 4.69) is 0 Å². The van der Waals surface area contributed by atoms with Crippen LogP contribution >= 0.6 is 0 Å². The molecule has 0 radical (unpaired) electrons. The lowest BCUT2D eigenvalue weighted by Crippen LogP contribution is -2.15. The summed E-state index contributed by atoms with van der Waals surface area (Å²) in [5, 5.41) is 0. The van der Waals surface area contributed by atoms with Gasteiger partial charge in [-0.15, -0.1) is 0 Å². The molecular formula is C16H18FNO. The van der Waals surface area contributed by atoms with Crippen molar-refractivity contribution in [3.05, 3.63) is 65.0 Å². The van der Waals surface area contributed by atoms with Gasteiger partial charge >= 0.3 is 0 Å². The predicted octanol–water partition coefficient (Wildman–Crippen LogP) is 3.39. The summed E-state index contributed by atoms with van der Waals surface area (Å²) in [5.41, 5.74) is 8.84. The van der Waals surface area contributed by atoms with Crippen molar-refractivity contribution >= 4 is 0 Å². The molecule has 0 fully saturated rings. The van der Waals surface area contributed by atoms with Crippen LogP contribution in [0.3, 0.4) is 0 Å². The molecule has 19 heavy (non-hydrogen) atoms. The second kappa shape index (κ2) is 5.85. The molecule has 2 rings (SSSR count). The monoisotopic (exact) mass is 259 g/mol. The molecule has 2 nitrogen and oxygen atoms in total. The number of methoxy groups -OCH3 is 1. The maximum Gasteiger partial charge on any atom is 0.126 e. The van der Waals surface area contributed by atoms with Gasteiger partial charge in [0.05, 0.1) is 7.11 Å². The minimum absolute atomic E-state index is 0.218. The van der Waals surface area contributed by atoms with Crippen molar-refractivity contribution in [1.82, 2.24) is 0 Å². The molecule has 0 aliphatic heterocycles. The summed E-state index contributed by atoms with van der Waals surface area (Å²) in [6, 6.07) is 12.3. The summed E-state index contributed by atoms with van der Waals surface area (Å²) in [6.45, 7) is 2.00. The molecule has 0 spiro atoms. The predicted molar refractivity (Wildman–Crippen MR) is 74.8 cm³/mol. The van der Waals surface area contributed by atoms with E-state index in [0.29, 0.717) is 12.0 Å². The Bertz CT molecular complexity index is 568. The number of hydrogen-bond donors (Lipinski definition) is 1. The van der Waals surface area contributed by atoms with Gasteiger partial charge < -0.3 is 10.5 Å². The van der Waals surface area contributed by atoms with E-state index in [1.165, 1.54) is 6.07 Å². The molecular weight excluding hydrogens is 241 g/mol. The van der Waals surface area contributed by atoms with Crippen LogP contribution in [0.25, 0.3) is 0 Å². The zero-order chi connectivity index (χ0) is 13.8. The first kappa shape index (κ1) is 13.6. The van der Waals surface area contributed by atoms with E-state index in [1.807, 2.05) is 31.2 Å². The van der Waals surface area contributed by atoms with E-state index in [4.69, 9.17) is 10.5 Å². The zero-order valence-corrected chi connectivity index (χ0v) is 11.2. The molecule has 0 saturated heterocycles. The molecule has 0 aromatic heterocycles. The van der Waals surface area contributed by atoms with Crippen molar-refractivity contribution < 1.29 is 9.13 Å². The first-order chi connectivity index (χ1) is 9.11. The van der Waals surface area contributed by atoms with Crippen molar-refractivity contribution in [1.29, 1.82) is 0 Å². The van der Waals surface area contributed by atoms with Crippen LogP contribution in [0.2, 0.25) is 0 Å². The molecule has 0 heterocycles. The van der Waals surface area contributed by atoms with Crippen molar-refractivity contribution in [2.75, 3.05) is 7.11 Å². The summed E-state index contributed by atoms with van der Waals surface area (Å²) in [4.78, 5) is 0. The molecule has 2 aromatic carbocycles. The highest BCUT2D eigenvalue weighted by Gasteiger charge is 2.14. The second-order valence-corrected chi connectivity index (χ2v) is 4.65. The topological polar surface area (TPSA) is 35.2 Å². The summed E-state index contributed by atoms with van der Waals surface area (Å²) < 4.78 is 19.0. The Morgan fingerprint density at radius 1 is 1.21 bits per heavy atom. The van der Waals surface area contributed by atoms with Gasteiger partial charge in [-0.2, -0.15) is 0 Å². The Morgan fingerprint density at radius 3 is 2.63 bits per heavy atom. The summed E-state index contributed by atoms with van der Waals surface area (Å²) in [7, 11) is 1.62. The van der Waals surface area contributed by atoms with Crippen LogP contribution in [0.4, 0.5) is 4.39 Å². The Balaban J connectivity index is 2.27. The van der Waals surface area contributed by atoms with Crippen molar-refractivity contribution in [3.8, 4) is 5.75 Å². The highest BCUT2D eigenvalue weighted by molar-refractivity contribution is 5.39. The van der Waals surface area contributed by atoms with Crippen molar-refractivity contribution in [2.45, 2.75) is 19.4 Å². The number of hydrogen-bond acceptors (Lipinski definition) is 2. The average molecular weight is 259 g/mol. The van der Waals surface area contributed by atoms with Gasteiger partial charge in [-0.05, 0) is 31.0 Å². The lowest BCUT2D eigenvalue weighted by Gasteiger charge is -2.17. The normalized spacial score (nSPS) is 12.2. The fraction of sp³-hybridized carbons (Fsp3) is 0.250. The highest BCUT2D eigenvalue weighted by Crippen LogP contribution is 2.27. The van der Waals surface area contributed by atoms with Gasteiger partial charge in [0.2, 0.25) is 0 Å². The van der Waals surface area contributed by atoms with E-state index in [0.717, 1.165) is 16.9 Å². The average Bonchev–Trinajstić information content (AvgIpc) is 2.41. The summed E-state index contributed by atoms with van der Waals surface area (Å²) in [6.07, 6.45) is 0.451. The van der Waals surface area contributed by atoms with Crippen LogP contribution < -0.4 is 10.5 Å². The third-order valence-electron chi connectivity index (χ3n) is 3.18. The fourth-order valence-electron chi connectivity index (χ4n) is 2.15. The molecule has 0 saturated carbocycles. The molecule has 1 unspecified atom stereocenters. The largest absolute Gasteiger partial charge is 0.496 e. The van der Waals surface area contributed by atoms with Crippen LogP contribution in [0.1, 0.15) is 22.7 Å². The number of benzene rings is 2. The lowest BCUT2D eigenvalue weighted by molar-refractivity contribution is 0.405. The third-order valence-corrected chi connectivity index (χ3v) is 3.18. The fourth-order valence-corrected chi connectivity index (χ4v) is 2.15. The van der Waals surface area contributed by atoms with Gasteiger partial charge in [0.15, 0.2) is 0 Å². The Hall–Kier alpha value is -1.87. The van der Waals surface area contributed by atoms with Gasteiger partial charge in [0, 0.05) is 11.6 Å². The molecule has 0 aliphatic carbocycles. The van der Waals surface area contributed by atoms with Gasteiger partial charge in [0.25, 0.3) is 0 Å².